The lowest BCUT2D eigenvalue weighted by Crippen LogP contribution is -2.10. The highest BCUT2D eigenvalue weighted by molar-refractivity contribution is 5.25. The van der Waals surface area contributed by atoms with Crippen molar-refractivity contribution in [3.63, 3.8) is 0 Å². The first kappa shape index (κ1) is 10.4. The summed E-state index contributed by atoms with van der Waals surface area (Å²) in [5.41, 5.74) is -1.78. The van der Waals surface area contributed by atoms with Crippen LogP contribution in [0, 0.1) is 17.1 Å². The van der Waals surface area contributed by atoms with Crippen molar-refractivity contribution < 1.29 is 17.6 Å². The summed E-state index contributed by atoms with van der Waals surface area (Å²) in [5.74, 6) is -1.42. The van der Waals surface area contributed by atoms with E-state index in [4.69, 9.17) is 5.26 Å². The molecule has 1 aromatic rings. The molecule has 2 nitrogen and oxygen atoms in total. The first-order chi connectivity index (χ1) is 6.46. The van der Waals surface area contributed by atoms with E-state index in [1.54, 1.807) is 6.07 Å². The second kappa shape index (κ2) is 3.62. The van der Waals surface area contributed by atoms with Gasteiger partial charge in [-0.25, -0.2) is 4.39 Å². The van der Waals surface area contributed by atoms with Gasteiger partial charge < -0.3 is 0 Å². The van der Waals surface area contributed by atoms with Gasteiger partial charge in [0.1, 0.15) is 11.4 Å². The third-order valence-corrected chi connectivity index (χ3v) is 1.53. The first-order valence-corrected chi connectivity index (χ1v) is 3.53. The molecule has 6 heteroatoms. The number of rotatable bonds is 1. The van der Waals surface area contributed by atoms with Crippen molar-refractivity contribution >= 4 is 0 Å². The third kappa shape index (κ3) is 1.99. The van der Waals surface area contributed by atoms with Gasteiger partial charge in [-0.05, 0) is 0 Å². The van der Waals surface area contributed by atoms with Crippen LogP contribution in [0.1, 0.15) is 11.1 Å². The van der Waals surface area contributed by atoms with Gasteiger partial charge in [0.2, 0.25) is 0 Å². The Morgan fingerprint density at radius 2 is 2.00 bits per heavy atom. The number of nitriles is 1. The maximum atomic E-state index is 13.0. The van der Waals surface area contributed by atoms with Crippen LogP contribution in [-0.2, 0) is 12.6 Å². The van der Waals surface area contributed by atoms with Crippen molar-refractivity contribution in [2.45, 2.75) is 12.6 Å². The molecular formula is C8H4F4N2. The fraction of sp³-hybridized carbons (Fsp3) is 0.250. The standard InChI is InChI=1S/C8H4F4N2/c9-7-5(1-2-13)3-14-4-6(7)8(10,11)12/h3-4H,1H2. The van der Waals surface area contributed by atoms with Gasteiger partial charge in [-0.1, -0.05) is 0 Å². The van der Waals surface area contributed by atoms with Crippen molar-refractivity contribution in [3.05, 3.63) is 29.3 Å². The van der Waals surface area contributed by atoms with Crippen LogP contribution in [0.3, 0.4) is 0 Å². The summed E-state index contributed by atoms with van der Waals surface area (Å²) >= 11 is 0. The van der Waals surface area contributed by atoms with E-state index in [9.17, 15) is 17.6 Å². The molecule has 0 radical (unpaired) electrons. The summed E-state index contributed by atoms with van der Waals surface area (Å²) in [6.45, 7) is 0. The van der Waals surface area contributed by atoms with E-state index in [0.29, 0.717) is 6.20 Å². The zero-order valence-corrected chi connectivity index (χ0v) is 6.77. The van der Waals surface area contributed by atoms with Crippen LogP contribution in [0.4, 0.5) is 17.6 Å². The smallest absolute Gasteiger partial charge is 0.264 e. The molecule has 0 aliphatic carbocycles. The van der Waals surface area contributed by atoms with E-state index in [0.717, 1.165) is 6.20 Å². The highest BCUT2D eigenvalue weighted by atomic mass is 19.4. The second-order valence-corrected chi connectivity index (χ2v) is 2.49. The topological polar surface area (TPSA) is 36.7 Å². The predicted molar refractivity (Wildman–Crippen MR) is 38.5 cm³/mol. The van der Waals surface area contributed by atoms with Gasteiger partial charge >= 0.3 is 6.18 Å². The Bertz CT molecular complexity index is 378. The van der Waals surface area contributed by atoms with E-state index >= 15 is 0 Å². The normalized spacial score (nSPS) is 11.1. The lowest BCUT2D eigenvalue weighted by molar-refractivity contribution is -0.140. The highest BCUT2D eigenvalue weighted by Crippen LogP contribution is 2.31. The maximum Gasteiger partial charge on any atom is 0.420 e. The van der Waals surface area contributed by atoms with E-state index in [2.05, 4.69) is 4.98 Å². The van der Waals surface area contributed by atoms with Crippen LogP contribution in [0.2, 0.25) is 0 Å². The van der Waals surface area contributed by atoms with Crippen LogP contribution < -0.4 is 0 Å². The van der Waals surface area contributed by atoms with Gasteiger partial charge in [0.25, 0.3) is 0 Å². The molecular weight excluding hydrogens is 200 g/mol. The molecule has 0 saturated carbocycles. The van der Waals surface area contributed by atoms with Crippen molar-refractivity contribution in [3.8, 4) is 6.07 Å². The fourth-order valence-corrected chi connectivity index (χ4v) is 0.894. The predicted octanol–water partition coefficient (Wildman–Crippen LogP) is 2.31. The van der Waals surface area contributed by atoms with E-state index in [1.807, 2.05) is 0 Å². The molecule has 14 heavy (non-hydrogen) atoms. The molecule has 74 valence electrons. The van der Waals surface area contributed by atoms with E-state index in [1.165, 1.54) is 0 Å². The molecule has 1 heterocycles. The number of halogens is 4. The zero-order chi connectivity index (χ0) is 10.8. The minimum atomic E-state index is -4.78. The number of hydrogen-bond acceptors (Lipinski definition) is 2. The monoisotopic (exact) mass is 204 g/mol. The molecule has 0 N–H and O–H groups in total. The number of hydrogen-bond donors (Lipinski definition) is 0. The van der Waals surface area contributed by atoms with Crippen LogP contribution in [0.5, 0.6) is 0 Å². The molecule has 0 bridgehead atoms. The summed E-state index contributed by atoms with van der Waals surface area (Å²) in [4.78, 5) is 3.22. The molecule has 0 amide bonds. The van der Waals surface area contributed by atoms with Crippen LogP contribution in [0.15, 0.2) is 12.4 Å². The lowest BCUT2D eigenvalue weighted by Gasteiger charge is -2.08. The lowest BCUT2D eigenvalue weighted by atomic mass is 10.1. The fourth-order valence-electron chi connectivity index (χ4n) is 0.894. The van der Waals surface area contributed by atoms with Gasteiger partial charge in [-0.3, -0.25) is 4.98 Å². The average molecular weight is 204 g/mol. The number of alkyl halides is 3. The summed E-state index contributed by atoms with van der Waals surface area (Å²) in [6.07, 6.45) is -3.89. The summed E-state index contributed by atoms with van der Waals surface area (Å²) < 4.78 is 49.4. The maximum absolute atomic E-state index is 13.0. The Balaban J connectivity index is 3.22. The molecule has 0 saturated heterocycles. The Labute approximate surface area is 76.8 Å². The molecule has 0 aromatic carbocycles. The van der Waals surface area contributed by atoms with Crippen LogP contribution >= 0.6 is 0 Å². The molecule has 0 atom stereocenters. The second-order valence-electron chi connectivity index (χ2n) is 2.49. The molecule has 0 aliphatic heterocycles. The molecule has 0 unspecified atom stereocenters. The zero-order valence-electron chi connectivity index (χ0n) is 6.77. The molecule has 0 aliphatic rings. The Hall–Kier alpha value is -1.64. The molecule has 1 rings (SSSR count). The Morgan fingerprint density at radius 3 is 2.50 bits per heavy atom. The first-order valence-electron chi connectivity index (χ1n) is 3.53. The highest BCUT2D eigenvalue weighted by Gasteiger charge is 2.35. The van der Waals surface area contributed by atoms with Crippen molar-refractivity contribution in [2.24, 2.45) is 0 Å². The summed E-state index contributed by atoms with van der Waals surface area (Å²) in [7, 11) is 0. The molecule has 1 aromatic heterocycles. The third-order valence-electron chi connectivity index (χ3n) is 1.53. The summed E-state index contributed by atoms with van der Waals surface area (Å²) in [5, 5.41) is 8.21. The van der Waals surface area contributed by atoms with Gasteiger partial charge in [0, 0.05) is 18.0 Å². The summed E-state index contributed by atoms with van der Waals surface area (Å²) in [6, 6.07) is 1.56. The molecule has 0 fully saturated rings. The SMILES string of the molecule is N#CCc1cncc(C(F)(F)F)c1F. The van der Waals surface area contributed by atoms with Gasteiger partial charge in [0.15, 0.2) is 0 Å². The van der Waals surface area contributed by atoms with E-state index < -0.39 is 24.0 Å². The quantitative estimate of drug-likeness (QED) is 0.658. The number of aromatic nitrogens is 1. The van der Waals surface area contributed by atoms with Crippen molar-refractivity contribution in [1.82, 2.24) is 4.98 Å². The van der Waals surface area contributed by atoms with Gasteiger partial charge in [-0.15, -0.1) is 0 Å². The average Bonchev–Trinajstić information content (AvgIpc) is 2.07. The largest absolute Gasteiger partial charge is 0.420 e. The van der Waals surface area contributed by atoms with Crippen LogP contribution in [-0.4, -0.2) is 4.98 Å². The van der Waals surface area contributed by atoms with E-state index in [-0.39, 0.29) is 5.56 Å². The minimum Gasteiger partial charge on any atom is -0.264 e. The van der Waals surface area contributed by atoms with Crippen molar-refractivity contribution in [1.29, 1.82) is 5.26 Å². The number of pyridine rings is 1. The number of nitrogens with zero attached hydrogens (tertiary/aromatic N) is 2. The van der Waals surface area contributed by atoms with Gasteiger partial charge in [0.05, 0.1) is 12.5 Å². The molecule has 0 spiro atoms. The van der Waals surface area contributed by atoms with Crippen molar-refractivity contribution in [2.75, 3.05) is 0 Å². The van der Waals surface area contributed by atoms with Gasteiger partial charge in [-0.2, -0.15) is 18.4 Å². The van der Waals surface area contributed by atoms with Crippen LogP contribution in [0.25, 0.3) is 0 Å². The Kier molecular flexibility index (Phi) is 2.70. The minimum absolute atomic E-state index is 0.345. The Morgan fingerprint density at radius 1 is 1.36 bits per heavy atom.